The molecule has 132 valence electrons. The van der Waals surface area contributed by atoms with Crippen molar-refractivity contribution in [1.82, 2.24) is 10.2 Å². The van der Waals surface area contributed by atoms with Crippen molar-refractivity contribution in [2.24, 2.45) is 0 Å². The van der Waals surface area contributed by atoms with Crippen LogP contribution in [0.15, 0.2) is 53.4 Å². The predicted octanol–water partition coefficient (Wildman–Crippen LogP) is 3.17. The first kappa shape index (κ1) is 18.0. The van der Waals surface area contributed by atoms with Gasteiger partial charge in [0.2, 0.25) is 0 Å². The number of morpholine rings is 1. The lowest BCUT2D eigenvalue weighted by atomic mass is 10.1. The molecule has 2 aromatic rings. The molecule has 0 aliphatic carbocycles. The molecule has 1 aliphatic heterocycles. The van der Waals surface area contributed by atoms with Crippen molar-refractivity contribution in [3.8, 4) is 0 Å². The number of ether oxygens (including phenoxy) is 1. The van der Waals surface area contributed by atoms with Gasteiger partial charge in [0.15, 0.2) is 0 Å². The summed E-state index contributed by atoms with van der Waals surface area (Å²) in [5.41, 5.74) is 3.14. The molecule has 0 atom stereocenters. The molecule has 1 saturated heterocycles. The van der Waals surface area contributed by atoms with Crippen molar-refractivity contribution in [2.45, 2.75) is 18.0 Å². The van der Waals surface area contributed by atoms with Gasteiger partial charge >= 0.3 is 0 Å². The molecule has 1 N–H and O–H groups in total. The zero-order valence-electron chi connectivity index (χ0n) is 14.5. The van der Waals surface area contributed by atoms with E-state index in [1.807, 2.05) is 30.5 Å². The molecule has 0 bridgehead atoms. The Morgan fingerprint density at radius 3 is 2.48 bits per heavy atom. The molecule has 0 unspecified atom stereocenters. The number of carbonyl (C=O) groups excluding carboxylic acids is 1. The molecule has 0 aromatic heterocycles. The normalized spacial score (nSPS) is 15.1. The lowest BCUT2D eigenvalue weighted by Crippen LogP contribution is -2.35. The second-order valence-corrected chi connectivity index (χ2v) is 6.94. The van der Waals surface area contributed by atoms with Gasteiger partial charge < -0.3 is 10.1 Å². The van der Waals surface area contributed by atoms with E-state index in [2.05, 4.69) is 34.5 Å². The number of nitrogens with zero attached hydrogens (tertiary/aromatic N) is 1. The Bertz CT molecular complexity index is 697. The van der Waals surface area contributed by atoms with E-state index in [-0.39, 0.29) is 5.91 Å². The molecule has 25 heavy (non-hydrogen) atoms. The van der Waals surface area contributed by atoms with Crippen molar-refractivity contribution >= 4 is 17.7 Å². The average molecular weight is 356 g/mol. The Morgan fingerprint density at radius 2 is 1.76 bits per heavy atom. The summed E-state index contributed by atoms with van der Waals surface area (Å²) in [7, 11) is 0. The van der Waals surface area contributed by atoms with Gasteiger partial charge in [-0.25, -0.2) is 0 Å². The highest BCUT2D eigenvalue weighted by Crippen LogP contribution is 2.19. The maximum absolute atomic E-state index is 12.4. The Hall–Kier alpha value is -1.82. The number of amides is 1. The largest absolute Gasteiger partial charge is 0.379 e. The first-order valence-corrected chi connectivity index (χ1v) is 9.78. The van der Waals surface area contributed by atoms with Crippen molar-refractivity contribution in [2.75, 3.05) is 32.6 Å². The van der Waals surface area contributed by atoms with E-state index in [0.717, 1.165) is 48.9 Å². The van der Waals surface area contributed by atoms with Crippen LogP contribution in [0.4, 0.5) is 0 Å². The fourth-order valence-corrected chi connectivity index (χ4v) is 3.49. The van der Waals surface area contributed by atoms with E-state index in [1.54, 1.807) is 11.8 Å². The van der Waals surface area contributed by atoms with Gasteiger partial charge in [-0.15, -0.1) is 11.8 Å². The van der Waals surface area contributed by atoms with Crippen molar-refractivity contribution in [1.29, 1.82) is 0 Å². The van der Waals surface area contributed by atoms with Gasteiger partial charge in [-0.3, -0.25) is 9.69 Å². The van der Waals surface area contributed by atoms with Crippen molar-refractivity contribution in [3.63, 3.8) is 0 Å². The molecule has 1 aliphatic rings. The number of nitrogens with one attached hydrogen (secondary N) is 1. The van der Waals surface area contributed by atoms with E-state index in [9.17, 15) is 4.79 Å². The van der Waals surface area contributed by atoms with Crippen LogP contribution in [0.2, 0.25) is 0 Å². The summed E-state index contributed by atoms with van der Waals surface area (Å²) in [5.74, 6) is -0.0256. The van der Waals surface area contributed by atoms with E-state index < -0.39 is 0 Å². The Kier molecular flexibility index (Phi) is 6.50. The molecule has 4 nitrogen and oxygen atoms in total. The Labute approximate surface area is 153 Å². The predicted molar refractivity (Wildman–Crippen MR) is 102 cm³/mol. The summed E-state index contributed by atoms with van der Waals surface area (Å²) in [6.45, 7) is 5.12. The Balaban J connectivity index is 1.53. The quantitative estimate of drug-likeness (QED) is 0.807. The zero-order chi connectivity index (χ0) is 17.5. The number of rotatable bonds is 6. The third-order valence-corrected chi connectivity index (χ3v) is 5.13. The standard InChI is InChI=1S/C20H24N2O2S/c1-25-19-5-3-2-4-18(19)20(23)21-14-16-6-8-17(9-7-16)15-22-10-12-24-13-11-22/h2-9H,10-15H2,1H3,(H,21,23). The van der Waals surface area contributed by atoms with Crippen LogP contribution in [0.3, 0.4) is 0 Å². The van der Waals surface area contributed by atoms with Crippen LogP contribution in [0.25, 0.3) is 0 Å². The third-order valence-electron chi connectivity index (χ3n) is 4.34. The lowest BCUT2D eigenvalue weighted by molar-refractivity contribution is 0.0342. The molecule has 3 rings (SSSR count). The van der Waals surface area contributed by atoms with Crippen molar-refractivity contribution < 1.29 is 9.53 Å². The SMILES string of the molecule is CSc1ccccc1C(=O)NCc1ccc(CN2CCOCC2)cc1. The van der Waals surface area contributed by atoms with Gasteiger partial charge in [-0.2, -0.15) is 0 Å². The van der Waals surface area contributed by atoms with E-state index in [4.69, 9.17) is 4.74 Å². The smallest absolute Gasteiger partial charge is 0.252 e. The molecule has 1 fully saturated rings. The molecule has 2 aromatic carbocycles. The fraction of sp³-hybridized carbons (Fsp3) is 0.350. The third kappa shape index (κ3) is 5.08. The lowest BCUT2D eigenvalue weighted by Gasteiger charge is -2.26. The summed E-state index contributed by atoms with van der Waals surface area (Å²) >= 11 is 1.59. The van der Waals surface area contributed by atoms with E-state index in [1.165, 1.54) is 5.56 Å². The first-order valence-electron chi connectivity index (χ1n) is 8.55. The summed E-state index contributed by atoms with van der Waals surface area (Å²) < 4.78 is 5.38. The zero-order valence-corrected chi connectivity index (χ0v) is 15.3. The van der Waals surface area contributed by atoms with Crippen LogP contribution in [-0.2, 0) is 17.8 Å². The maximum Gasteiger partial charge on any atom is 0.252 e. The van der Waals surface area contributed by atoms with Crippen LogP contribution in [0.1, 0.15) is 21.5 Å². The summed E-state index contributed by atoms with van der Waals surface area (Å²) in [5, 5.41) is 3.01. The molecule has 5 heteroatoms. The van der Waals surface area contributed by atoms with Gasteiger partial charge in [0.25, 0.3) is 5.91 Å². The van der Waals surface area contributed by atoms with Crippen LogP contribution in [0, 0.1) is 0 Å². The minimum Gasteiger partial charge on any atom is -0.379 e. The Morgan fingerprint density at radius 1 is 1.08 bits per heavy atom. The molecule has 1 amide bonds. The summed E-state index contributed by atoms with van der Waals surface area (Å²) in [6.07, 6.45) is 1.99. The van der Waals surface area contributed by atoms with E-state index >= 15 is 0 Å². The topological polar surface area (TPSA) is 41.6 Å². The summed E-state index contributed by atoms with van der Waals surface area (Å²) in [6, 6.07) is 16.2. The van der Waals surface area contributed by atoms with Crippen molar-refractivity contribution in [3.05, 3.63) is 65.2 Å². The molecule has 0 spiro atoms. The minimum absolute atomic E-state index is 0.0256. The number of carbonyl (C=O) groups is 1. The average Bonchev–Trinajstić information content (AvgIpc) is 2.68. The van der Waals surface area contributed by atoms with Crippen LogP contribution >= 0.6 is 11.8 Å². The highest BCUT2D eigenvalue weighted by Gasteiger charge is 2.11. The van der Waals surface area contributed by atoms with Crippen LogP contribution in [-0.4, -0.2) is 43.4 Å². The first-order chi connectivity index (χ1) is 12.3. The number of thioether (sulfide) groups is 1. The van der Waals surface area contributed by atoms with Gasteiger partial charge in [0.05, 0.1) is 18.8 Å². The molecule has 0 radical (unpaired) electrons. The molecular formula is C20H24N2O2S. The van der Waals surface area contributed by atoms with Gasteiger partial charge in [0, 0.05) is 31.1 Å². The second kappa shape index (κ2) is 9.04. The summed E-state index contributed by atoms with van der Waals surface area (Å²) in [4.78, 5) is 15.8. The minimum atomic E-state index is -0.0256. The van der Waals surface area contributed by atoms with Crippen LogP contribution in [0.5, 0.6) is 0 Å². The number of hydrogen-bond acceptors (Lipinski definition) is 4. The van der Waals surface area contributed by atoms with E-state index in [0.29, 0.717) is 6.54 Å². The maximum atomic E-state index is 12.4. The molecular weight excluding hydrogens is 332 g/mol. The number of benzene rings is 2. The molecule has 1 heterocycles. The highest BCUT2D eigenvalue weighted by atomic mass is 32.2. The fourth-order valence-electron chi connectivity index (χ4n) is 2.89. The van der Waals surface area contributed by atoms with Gasteiger partial charge in [0.1, 0.15) is 0 Å². The highest BCUT2D eigenvalue weighted by molar-refractivity contribution is 7.98. The van der Waals surface area contributed by atoms with Gasteiger partial charge in [-0.05, 0) is 29.5 Å². The second-order valence-electron chi connectivity index (χ2n) is 6.09. The van der Waals surface area contributed by atoms with Crippen LogP contribution < -0.4 is 5.32 Å². The number of hydrogen-bond donors (Lipinski definition) is 1. The van der Waals surface area contributed by atoms with Gasteiger partial charge in [-0.1, -0.05) is 36.4 Å². The monoisotopic (exact) mass is 356 g/mol. The molecule has 0 saturated carbocycles.